The first-order valence-corrected chi connectivity index (χ1v) is 5.07. The average molecular weight is 187 g/mol. The Morgan fingerprint density at radius 3 is 2.82 bits per heavy atom. The highest BCUT2D eigenvalue weighted by molar-refractivity contribution is 7.80. The SMILES string of the molecule is Cc1ccsc1CN(C)CS. The van der Waals surface area contributed by atoms with Gasteiger partial charge in [-0.2, -0.15) is 12.6 Å². The van der Waals surface area contributed by atoms with Crippen LogP contribution in [0.2, 0.25) is 0 Å². The smallest absolute Gasteiger partial charge is 0.0415 e. The molecule has 1 aromatic heterocycles. The summed E-state index contributed by atoms with van der Waals surface area (Å²) in [4.78, 5) is 3.63. The zero-order chi connectivity index (χ0) is 8.27. The van der Waals surface area contributed by atoms with Gasteiger partial charge in [0.05, 0.1) is 0 Å². The van der Waals surface area contributed by atoms with Crippen LogP contribution in [0.1, 0.15) is 10.4 Å². The maximum atomic E-state index is 4.19. The van der Waals surface area contributed by atoms with Crippen molar-refractivity contribution < 1.29 is 0 Å². The summed E-state index contributed by atoms with van der Waals surface area (Å²) in [5, 5.41) is 2.14. The van der Waals surface area contributed by atoms with Crippen molar-refractivity contribution in [3.05, 3.63) is 21.9 Å². The molecule has 0 aliphatic heterocycles. The molecule has 0 fully saturated rings. The van der Waals surface area contributed by atoms with E-state index in [1.807, 2.05) is 11.3 Å². The average Bonchev–Trinajstić information content (AvgIpc) is 2.37. The van der Waals surface area contributed by atoms with Crippen LogP contribution in [-0.2, 0) is 6.54 Å². The second-order valence-electron chi connectivity index (χ2n) is 2.68. The highest BCUT2D eigenvalue weighted by atomic mass is 32.1. The lowest BCUT2D eigenvalue weighted by Crippen LogP contribution is -2.14. The van der Waals surface area contributed by atoms with Crippen molar-refractivity contribution in [3.8, 4) is 0 Å². The first-order chi connectivity index (χ1) is 5.24. The number of thiol groups is 1. The molecule has 62 valence electrons. The quantitative estimate of drug-likeness (QED) is 0.561. The van der Waals surface area contributed by atoms with E-state index in [1.165, 1.54) is 10.4 Å². The zero-order valence-corrected chi connectivity index (χ0v) is 8.58. The van der Waals surface area contributed by atoms with Gasteiger partial charge in [0.25, 0.3) is 0 Å². The lowest BCUT2D eigenvalue weighted by molar-refractivity contribution is 0.390. The Balaban J connectivity index is 2.56. The minimum absolute atomic E-state index is 0.817. The van der Waals surface area contributed by atoms with Crippen LogP contribution in [0.15, 0.2) is 11.4 Å². The van der Waals surface area contributed by atoms with Gasteiger partial charge in [-0.1, -0.05) is 0 Å². The Bertz CT molecular complexity index is 220. The minimum Gasteiger partial charge on any atom is -0.292 e. The molecule has 11 heavy (non-hydrogen) atoms. The van der Waals surface area contributed by atoms with Crippen LogP contribution in [0.4, 0.5) is 0 Å². The lowest BCUT2D eigenvalue weighted by Gasteiger charge is -2.11. The molecular formula is C8H13NS2. The Kier molecular flexibility index (Phi) is 3.43. The molecule has 0 N–H and O–H groups in total. The predicted molar refractivity (Wildman–Crippen MR) is 54.4 cm³/mol. The Morgan fingerprint density at radius 1 is 1.64 bits per heavy atom. The number of aryl methyl sites for hydroxylation is 1. The van der Waals surface area contributed by atoms with Crippen molar-refractivity contribution in [1.29, 1.82) is 0 Å². The minimum atomic E-state index is 0.817. The highest BCUT2D eigenvalue weighted by Crippen LogP contribution is 2.16. The standard InChI is InChI=1S/C8H13NS2/c1-7-3-4-11-8(7)5-9(2)6-10/h3-4,10H,5-6H2,1-2H3. The number of hydrogen-bond acceptors (Lipinski definition) is 3. The molecule has 0 unspecified atom stereocenters. The number of hydrogen-bond donors (Lipinski definition) is 1. The van der Waals surface area contributed by atoms with Crippen LogP contribution >= 0.6 is 24.0 Å². The second kappa shape index (κ2) is 4.14. The molecule has 0 saturated carbocycles. The van der Waals surface area contributed by atoms with Crippen LogP contribution in [-0.4, -0.2) is 17.8 Å². The van der Waals surface area contributed by atoms with Crippen LogP contribution in [0.3, 0.4) is 0 Å². The van der Waals surface area contributed by atoms with Gasteiger partial charge in [-0.25, -0.2) is 0 Å². The first-order valence-electron chi connectivity index (χ1n) is 3.56. The summed E-state index contributed by atoms with van der Waals surface area (Å²) in [6.45, 7) is 3.17. The van der Waals surface area contributed by atoms with E-state index >= 15 is 0 Å². The van der Waals surface area contributed by atoms with E-state index in [4.69, 9.17) is 0 Å². The van der Waals surface area contributed by atoms with Crippen LogP contribution in [0.25, 0.3) is 0 Å². The molecule has 0 aliphatic carbocycles. The topological polar surface area (TPSA) is 3.24 Å². The fraction of sp³-hybridized carbons (Fsp3) is 0.500. The molecule has 1 nitrogen and oxygen atoms in total. The first kappa shape index (κ1) is 9.10. The van der Waals surface area contributed by atoms with Gasteiger partial charge < -0.3 is 0 Å². The number of rotatable bonds is 3. The molecule has 0 aromatic carbocycles. The van der Waals surface area contributed by atoms with Crippen molar-refractivity contribution in [2.24, 2.45) is 0 Å². The fourth-order valence-corrected chi connectivity index (χ4v) is 1.95. The van der Waals surface area contributed by atoms with Gasteiger partial charge in [-0.15, -0.1) is 11.3 Å². The van der Waals surface area contributed by atoms with Gasteiger partial charge in [0, 0.05) is 17.3 Å². The molecule has 0 bridgehead atoms. The Labute approximate surface area is 77.4 Å². The van der Waals surface area contributed by atoms with E-state index in [-0.39, 0.29) is 0 Å². The maximum Gasteiger partial charge on any atom is 0.0415 e. The second-order valence-corrected chi connectivity index (χ2v) is 3.97. The van der Waals surface area contributed by atoms with Crippen LogP contribution in [0, 0.1) is 6.92 Å². The van der Waals surface area contributed by atoms with Crippen molar-refractivity contribution >= 4 is 24.0 Å². The highest BCUT2D eigenvalue weighted by Gasteiger charge is 2.01. The summed E-state index contributed by atoms with van der Waals surface area (Å²) in [5.41, 5.74) is 1.39. The lowest BCUT2D eigenvalue weighted by atomic mass is 10.3. The maximum absolute atomic E-state index is 4.19. The van der Waals surface area contributed by atoms with Gasteiger partial charge >= 0.3 is 0 Å². The summed E-state index contributed by atoms with van der Waals surface area (Å²) in [7, 11) is 2.08. The fourth-order valence-electron chi connectivity index (χ4n) is 0.861. The van der Waals surface area contributed by atoms with Gasteiger partial charge in [-0.05, 0) is 31.0 Å². The molecule has 0 spiro atoms. The largest absolute Gasteiger partial charge is 0.292 e. The summed E-state index contributed by atoms with van der Waals surface area (Å²) in [6, 6.07) is 2.16. The summed E-state index contributed by atoms with van der Waals surface area (Å²) in [6.07, 6.45) is 0. The molecule has 0 radical (unpaired) electrons. The third kappa shape index (κ3) is 2.51. The molecule has 3 heteroatoms. The van der Waals surface area contributed by atoms with E-state index < -0.39 is 0 Å². The van der Waals surface area contributed by atoms with E-state index in [9.17, 15) is 0 Å². The third-order valence-corrected chi connectivity index (χ3v) is 3.11. The van der Waals surface area contributed by atoms with Gasteiger partial charge in [0.2, 0.25) is 0 Å². The molecule has 0 amide bonds. The van der Waals surface area contributed by atoms with E-state index in [2.05, 4.69) is 42.9 Å². The van der Waals surface area contributed by atoms with Crippen molar-refractivity contribution in [1.82, 2.24) is 4.90 Å². The summed E-state index contributed by atoms with van der Waals surface area (Å²) < 4.78 is 0. The molecule has 0 aliphatic rings. The van der Waals surface area contributed by atoms with Gasteiger partial charge in [0.15, 0.2) is 0 Å². The number of thiophene rings is 1. The monoisotopic (exact) mass is 187 g/mol. The van der Waals surface area contributed by atoms with E-state index in [0.29, 0.717) is 0 Å². The Hall–Kier alpha value is 0.01000. The normalized spacial score (nSPS) is 10.9. The molecule has 0 atom stereocenters. The van der Waals surface area contributed by atoms with Crippen LogP contribution < -0.4 is 0 Å². The summed E-state index contributed by atoms with van der Waals surface area (Å²) >= 11 is 6.01. The molecule has 1 rings (SSSR count). The molecular weight excluding hydrogens is 174 g/mol. The van der Waals surface area contributed by atoms with E-state index in [0.717, 1.165) is 12.4 Å². The predicted octanol–water partition coefficient (Wildman–Crippen LogP) is 2.38. The van der Waals surface area contributed by atoms with Gasteiger partial charge in [-0.3, -0.25) is 4.90 Å². The molecule has 0 saturated heterocycles. The number of nitrogens with zero attached hydrogens (tertiary/aromatic N) is 1. The van der Waals surface area contributed by atoms with Crippen molar-refractivity contribution in [2.75, 3.05) is 12.9 Å². The van der Waals surface area contributed by atoms with Crippen molar-refractivity contribution in [3.63, 3.8) is 0 Å². The summed E-state index contributed by atoms with van der Waals surface area (Å²) in [5.74, 6) is 0.817. The molecule has 1 heterocycles. The molecule has 1 aromatic rings. The Morgan fingerprint density at radius 2 is 2.36 bits per heavy atom. The van der Waals surface area contributed by atoms with Crippen molar-refractivity contribution in [2.45, 2.75) is 13.5 Å². The third-order valence-electron chi connectivity index (χ3n) is 1.62. The van der Waals surface area contributed by atoms with E-state index in [1.54, 1.807) is 0 Å². The zero-order valence-electron chi connectivity index (χ0n) is 6.87. The van der Waals surface area contributed by atoms with Crippen LogP contribution in [0.5, 0.6) is 0 Å². The van der Waals surface area contributed by atoms with Gasteiger partial charge in [0.1, 0.15) is 0 Å².